The van der Waals surface area contributed by atoms with Crippen LogP contribution in [0, 0.1) is 5.92 Å². The van der Waals surface area contributed by atoms with Crippen molar-refractivity contribution >= 4 is 0 Å². The second-order valence-corrected chi connectivity index (χ2v) is 5.14. The van der Waals surface area contributed by atoms with Crippen LogP contribution in [0.2, 0.25) is 0 Å². The Hall–Kier alpha value is -0.930. The van der Waals surface area contributed by atoms with Crippen LogP contribution in [0.15, 0.2) is 24.4 Å². The van der Waals surface area contributed by atoms with Crippen LogP contribution in [0.3, 0.4) is 0 Å². The molecule has 0 aliphatic heterocycles. The van der Waals surface area contributed by atoms with Crippen LogP contribution in [0.5, 0.6) is 0 Å². The molecule has 0 atom stereocenters. The highest BCUT2D eigenvalue weighted by molar-refractivity contribution is 5.03. The fourth-order valence-corrected chi connectivity index (χ4v) is 1.89. The molecule has 0 saturated heterocycles. The first-order valence-corrected chi connectivity index (χ1v) is 7.05. The van der Waals surface area contributed by atoms with Gasteiger partial charge in [0, 0.05) is 12.7 Å². The lowest BCUT2D eigenvalue weighted by Gasteiger charge is -2.20. The van der Waals surface area contributed by atoms with E-state index in [2.05, 4.69) is 48.1 Å². The molecule has 1 N–H and O–H groups in total. The molecule has 3 nitrogen and oxygen atoms in total. The lowest BCUT2D eigenvalue weighted by molar-refractivity contribution is 0.271. The van der Waals surface area contributed by atoms with E-state index >= 15 is 0 Å². The Morgan fingerprint density at radius 3 is 2.78 bits per heavy atom. The van der Waals surface area contributed by atoms with E-state index in [0.717, 1.165) is 44.3 Å². The van der Waals surface area contributed by atoms with E-state index in [1.807, 2.05) is 12.3 Å². The van der Waals surface area contributed by atoms with Gasteiger partial charge in [-0.15, -0.1) is 0 Å². The van der Waals surface area contributed by atoms with Crippen molar-refractivity contribution < 1.29 is 0 Å². The average molecular weight is 249 g/mol. The summed E-state index contributed by atoms with van der Waals surface area (Å²) in [5.74, 6) is 0.737. The van der Waals surface area contributed by atoms with Gasteiger partial charge in [-0.05, 0) is 50.7 Å². The van der Waals surface area contributed by atoms with Crippen molar-refractivity contribution in [1.82, 2.24) is 15.2 Å². The van der Waals surface area contributed by atoms with Gasteiger partial charge in [-0.1, -0.05) is 26.8 Å². The smallest absolute Gasteiger partial charge is 0.0543 e. The van der Waals surface area contributed by atoms with E-state index < -0.39 is 0 Å². The topological polar surface area (TPSA) is 28.2 Å². The molecule has 0 aromatic carbocycles. The quantitative estimate of drug-likeness (QED) is 0.682. The molecule has 18 heavy (non-hydrogen) atoms. The van der Waals surface area contributed by atoms with E-state index in [1.165, 1.54) is 6.42 Å². The fraction of sp³-hybridized carbons (Fsp3) is 0.667. The number of hydrogen-bond donors (Lipinski definition) is 1. The van der Waals surface area contributed by atoms with Crippen LogP contribution >= 0.6 is 0 Å². The summed E-state index contributed by atoms with van der Waals surface area (Å²) in [6.07, 6.45) is 3.07. The SMILES string of the molecule is CCN(CCCNCC(C)C)Cc1ccccn1. The maximum Gasteiger partial charge on any atom is 0.0543 e. The molecular formula is C15H27N3. The van der Waals surface area contributed by atoms with Crippen molar-refractivity contribution in [3.8, 4) is 0 Å². The zero-order chi connectivity index (χ0) is 13.2. The van der Waals surface area contributed by atoms with E-state index in [9.17, 15) is 0 Å². The van der Waals surface area contributed by atoms with Gasteiger partial charge in [-0.25, -0.2) is 0 Å². The molecule has 0 radical (unpaired) electrons. The standard InChI is InChI=1S/C15H27N3/c1-4-18(11-7-9-16-12-14(2)3)13-15-8-5-6-10-17-15/h5-6,8,10,14,16H,4,7,9,11-13H2,1-3H3. The minimum atomic E-state index is 0.737. The number of rotatable bonds is 9. The second kappa shape index (κ2) is 9.06. The van der Waals surface area contributed by atoms with Crippen LogP contribution in [-0.4, -0.2) is 36.1 Å². The number of nitrogens with zero attached hydrogens (tertiary/aromatic N) is 2. The highest BCUT2D eigenvalue weighted by Gasteiger charge is 2.03. The van der Waals surface area contributed by atoms with Crippen LogP contribution in [0.25, 0.3) is 0 Å². The Morgan fingerprint density at radius 2 is 2.17 bits per heavy atom. The number of hydrogen-bond acceptors (Lipinski definition) is 3. The number of aromatic nitrogens is 1. The molecule has 0 aliphatic rings. The summed E-state index contributed by atoms with van der Waals surface area (Å²) < 4.78 is 0. The normalized spacial score (nSPS) is 11.4. The largest absolute Gasteiger partial charge is 0.316 e. The molecular weight excluding hydrogens is 222 g/mol. The Balaban J connectivity index is 2.18. The lowest BCUT2D eigenvalue weighted by atomic mass is 10.2. The molecule has 0 fully saturated rings. The van der Waals surface area contributed by atoms with Gasteiger partial charge in [0.05, 0.1) is 5.69 Å². The van der Waals surface area contributed by atoms with Crippen molar-refractivity contribution in [3.63, 3.8) is 0 Å². The number of nitrogens with one attached hydrogen (secondary N) is 1. The average Bonchev–Trinajstić information content (AvgIpc) is 2.38. The van der Waals surface area contributed by atoms with E-state index in [-0.39, 0.29) is 0 Å². The summed E-state index contributed by atoms with van der Waals surface area (Å²) in [5.41, 5.74) is 1.16. The van der Waals surface area contributed by atoms with Gasteiger partial charge < -0.3 is 5.32 Å². The predicted molar refractivity (Wildman–Crippen MR) is 77.5 cm³/mol. The summed E-state index contributed by atoms with van der Waals surface area (Å²) >= 11 is 0. The summed E-state index contributed by atoms with van der Waals surface area (Å²) in [7, 11) is 0. The first-order valence-electron chi connectivity index (χ1n) is 7.05. The van der Waals surface area contributed by atoms with Crippen LogP contribution in [0.1, 0.15) is 32.9 Å². The molecule has 1 heterocycles. The van der Waals surface area contributed by atoms with Gasteiger partial charge in [-0.3, -0.25) is 9.88 Å². The van der Waals surface area contributed by atoms with Crippen LogP contribution < -0.4 is 5.32 Å². The lowest BCUT2D eigenvalue weighted by Crippen LogP contribution is -2.28. The third kappa shape index (κ3) is 6.72. The van der Waals surface area contributed by atoms with Crippen molar-refractivity contribution in [3.05, 3.63) is 30.1 Å². The minimum Gasteiger partial charge on any atom is -0.316 e. The molecule has 0 spiro atoms. The zero-order valence-corrected chi connectivity index (χ0v) is 12.0. The summed E-state index contributed by atoms with van der Waals surface area (Å²) in [4.78, 5) is 6.82. The zero-order valence-electron chi connectivity index (χ0n) is 12.0. The van der Waals surface area contributed by atoms with Gasteiger partial charge in [0.1, 0.15) is 0 Å². The molecule has 0 unspecified atom stereocenters. The summed E-state index contributed by atoms with van der Waals surface area (Å²) in [5, 5.41) is 3.49. The molecule has 0 amide bonds. The second-order valence-electron chi connectivity index (χ2n) is 5.14. The molecule has 1 aromatic heterocycles. The monoisotopic (exact) mass is 249 g/mol. The molecule has 1 aromatic rings. The van der Waals surface area contributed by atoms with E-state index in [0.29, 0.717) is 0 Å². The van der Waals surface area contributed by atoms with Crippen LogP contribution in [0.4, 0.5) is 0 Å². The maximum absolute atomic E-state index is 4.38. The fourth-order valence-electron chi connectivity index (χ4n) is 1.89. The van der Waals surface area contributed by atoms with Crippen molar-refractivity contribution in [2.24, 2.45) is 5.92 Å². The maximum atomic E-state index is 4.38. The van der Waals surface area contributed by atoms with Crippen LogP contribution in [-0.2, 0) is 6.54 Å². The third-order valence-electron chi connectivity index (χ3n) is 2.94. The third-order valence-corrected chi connectivity index (χ3v) is 2.94. The van der Waals surface area contributed by atoms with Gasteiger partial charge in [-0.2, -0.15) is 0 Å². The molecule has 3 heteroatoms. The molecule has 0 saturated carbocycles. The first kappa shape index (κ1) is 15.1. The Bertz CT molecular complexity index is 298. The van der Waals surface area contributed by atoms with Gasteiger partial charge in [0.15, 0.2) is 0 Å². The molecule has 0 aliphatic carbocycles. The van der Waals surface area contributed by atoms with E-state index in [1.54, 1.807) is 0 Å². The summed E-state index contributed by atoms with van der Waals surface area (Å²) in [6.45, 7) is 12.1. The van der Waals surface area contributed by atoms with Gasteiger partial charge >= 0.3 is 0 Å². The predicted octanol–water partition coefficient (Wildman–Crippen LogP) is 2.54. The summed E-state index contributed by atoms with van der Waals surface area (Å²) in [6, 6.07) is 6.12. The van der Waals surface area contributed by atoms with Crippen molar-refractivity contribution in [1.29, 1.82) is 0 Å². The Kier molecular flexibility index (Phi) is 7.62. The molecule has 102 valence electrons. The van der Waals surface area contributed by atoms with Gasteiger partial charge in [0.25, 0.3) is 0 Å². The highest BCUT2D eigenvalue weighted by Crippen LogP contribution is 2.01. The van der Waals surface area contributed by atoms with E-state index in [4.69, 9.17) is 0 Å². The molecule has 1 rings (SSSR count). The number of pyridine rings is 1. The first-order chi connectivity index (χ1) is 8.72. The van der Waals surface area contributed by atoms with Crippen molar-refractivity contribution in [2.75, 3.05) is 26.2 Å². The Labute approximate surface area is 112 Å². The van der Waals surface area contributed by atoms with Gasteiger partial charge in [0.2, 0.25) is 0 Å². The minimum absolute atomic E-state index is 0.737. The van der Waals surface area contributed by atoms with Crippen molar-refractivity contribution in [2.45, 2.75) is 33.7 Å². The Morgan fingerprint density at radius 1 is 1.33 bits per heavy atom. The molecule has 0 bridgehead atoms. The highest BCUT2D eigenvalue weighted by atomic mass is 15.1.